The topological polar surface area (TPSA) is 50.4 Å². The number of hydrogen-bond donors (Lipinski definition) is 2. The highest BCUT2D eigenvalue weighted by molar-refractivity contribution is 5.68. The van der Waals surface area contributed by atoms with Gasteiger partial charge in [-0.2, -0.15) is 0 Å². The summed E-state index contributed by atoms with van der Waals surface area (Å²) in [6, 6.07) is 3.70. The lowest BCUT2D eigenvalue weighted by Gasteiger charge is -2.32. The molecule has 1 aliphatic heterocycles. The van der Waals surface area contributed by atoms with E-state index in [1.54, 1.807) is 26.8 Å². The molecular formula is C16H22F2N2O2. The molecule has 6 heteroatoms. The van der Waals surface area contributed by atoms with Gasteiger partial charge in [0.15, 0.2) is 11.6 Å². The van der Waals surface area contributed by atoms with E-state index in [4.69, 9.17) is 4.74 Å². The van der Waals surface area contributed by atoms with Crippen molar-refractivity contribution < 1.29 is 18.3 Å². The highest BCUT2D eigenvalue weighted by atomic mass is 19.2. The van der Waals surface area contributed by atoms with Crippen LogP contribution in [-0.4, -0.2) is 24.3 Å². The van der Waals surface area contributed by atoms with Crippen LogP contribution in [0.15, 0.2) is 18.2 Å². The summed E-state index contributed by atoms with van der Waals surface area (Å²) in [4.78, 5) is 11.8. The molecule has 0 radical (unpaired) electrons. The van der Waals surface area contributed by atoms with E-state index in [-0.39, 0.29) is 12.1 Å². The fourth-order valence-electron chi connectivity index (χ4n) is 2.51. The van der Waals surface area contributed by atoms with Crippen molar-refractivity contribution >= 4 is 6.09 Å². The highest BCUT2D eigenvalue weighted by Gasteiger charge is 2.26. The Balaban J connectivity index is 1.96. The first-order valence-corrected chi connectivity index (χ1v) is 7.42. The van der Waals surface area contributed by atoms with E-state index < -0.39 is 23.3 Å². The molecule has 2 rings (SSSR count). The van der Waals surface area contributed by atoms with Gasteiger partial charge in [-0.1, -0.05) is 6.07 Å². The summed E-state index contributed by atoms with van der Waals surface area (Å²) in [5.41, 5.74) is 0.130. The molecule has 0 bridgehead atoms. The van der Waals surface area contributed by atoms with Crippen LogP contribution in [0.2, 0.25) is 0 Å². The predicted octanol–water partition coefficient (Wildman–Crippen LogP) is 3.28. The molecule has 0 aliphatic carbocycles. The van der Waals surface area contributed by atoms with Gasteiger partial charge in [0.2, 0.25) is 0 Å². The molecule has 1 fully saturated rings. The summed E-state index contributed by atoms with van der Waals surface area (Å²) in [6.07, 6.45) is 0.910. The number of amides is 1. The zero-order chi connectivity index (χ0) is 16.3. The molecule has 0 spiro atoms. The van der Waals surface area contributed by atoms with E-state index in [1.165, 1.54) is 6.07 Å². The normalized spacial score (nSPS) is 22.2. The van der Waals surface area contributed by atoms with Crippen LogP contribution >= 0.6 is 0 Å². The van der Waals surface area contributed by atoms with E-state index in [2.05, 4.69) is 10.6 Å². The lowest BCUT2D eigenvalue weighted by molar-refractivity contribution is 0.0490. The fraction of sp³-hybridized carbons (Fsp3) is 0.562. The van der Waals surface area contributed by atoms with Gasteiger partial charge >= 0.3 is 6.09 Å². The van der Waals surface area contributed by atoms with Crippen LogP contribution in [0.1, 0.15) is 45.2 Å². The molecule has 1 amide bonds. The first-order valence-electron chi connectivity index (χ1n) is 7.42. The Hall–Kier alpha value is -1.69. The number of carbonyl (C=O) groups is 1. The maximum absolute atomic E-state index is 13.3. The minimum absolute atomic E-state index is 0.0609. The van der Waals surface area contributed by atoms with Crippen molar-refractivity contribution in [2.24, 2.45) is 0 Å². The van der Waals surface area contributed by atoms with Gasteiger partial charge in [-0.05, 0) is 57.9 Å². The van der Waals surface area contributed by atoms with Crippen LogP contribution in [0.5, 0.6) is 0 Å². The van der Waals surface area contributed by atoms with Gasteiger partial charge in [0.05, 0.1) is 0 Å². The molecule has 0 aromatic heterocycles. The minimum Gasteiger partial charge on any atom is -0.444 e. The molecule has 2 unspecified atom stereocenters. The summed E-state index contributed by atoms with van der Waals surface area (Å²) in [6.45, 7) is 6.10. The van der Waals surface area contributed by atoms with Crippen LogP contribution in [-0.2, 0) is 4.74 Å². The average Bonchev–Trinajstić information content (AvgIpc) is 2.40. The standard InChI is InChI=1S/C16H22F2N2O2/c1-16(2,3)22-15(21)20-11-6-7-19-14(9-11)10-4-5-12(17)13(18)8-10/h4-5,8,11,14,19H,6-7,9H2,1-3H3,(H,20,21). The van der Waals surface area contributed by atoms with Crippen LogP contribution < -0.4 is 10.6 Å². The summed E-state index contributed by atoms with van der Waals surface area (Å²) < 4.78 is 31.6. The second-order valence-electron chi connectivity index (χ2n) is 6.55. The fourth-order valence-corrected chi connectivity index (χ4v) is 2.51. The SMILES string of the molecule is CC(C)(C)OC(=O)NC1CCNC(c2ccc(F)c(F)c2)C1. The smallest absolute Gasteiger partial charge is 0.407 e. The van der Waals surface area contributed by atoms with Crippen molar-refractivity contribution in [3.63, 3.8) is 0 Å². The maximum Gasteiger partial charge on any atom is 0.407 e. The van der Waals surface area contributed by atoms with Crippen molar-refractivity contribution in [3.05, 3.63) is 35.4 Å². The summed E-state index contributed by atoms with van der Waals surface area (Å²) in [5, 5.41) is 6.08. The Kier molecular flexibility index (Phi) is 5.01. The molecular weight excluding hydrogens is 290 g/mol. The largest absolute Gasteiger partial charge is 0.444 e. The van der Waals surface area contributed by atoms with Crippen LogP contribution in [0.3, 0.4) is 0 Å². The van der Waals surface area contributed by atoms with E-state index >= 15 is 0 Å². The number of carbonyl (C=O) groups excluding carboxylic acids is 1. The number of piperidine rings is 1. The van der Waals surface area contributed by atoms with Crippen molar-refractivity contribution in [3.8, 4) is 0 Å². The first kappa shape index (κ1) is 16.7. The second-order valence-corrected chi connectivity index (χ2v) is 6.55. The summed E-state index contributed by atoms with van der Waals surface area (Å²) in [5.74, 6) is -1.72. The molecule has 1 aromatic rings. The minimum atomic E-state index is -0.860. The van der Waals surface area contributed by atoms with Gasteiger partial charge in [0.25, 0.3) is 0 Å². The van der Waals surface area contributed by atoms with E-state index in [9.17, 15) is 13.6 Å². The van der Waals surface area contributed by atoms with E-state index in [0.29, 0.717) is 18.5 Å². The van der Waals surface area contributed by atoms with Gasteiger partial charge in [0, 0.05) is 12.1 Å². The molecule has 1 heterocycles. The van der Waals surface area contributed by atoms with Crippen LogP contribution in [0.4, 0.5) is 13.6 Å². The number of halogens is 2. The molecule has 2 atom stereocenters. The van der Waals surface area contributed by atoms with Gasteiger partial charge in [0.1, 0.15) is 5.60 Å². The van der Waals surface area contributed by atoms with Crippen molar-refractivity contribution in [1.82, 2.24) is 10.6 Å². The third-order valence-corrected chi connectivity index (χ3v) is 3.47. The van der Waals surface area contributed by atoms with Gasteiger partial charge in [-0.15, -0.1) is 0 Å². The molecule has 1 aromatic carbocycles. The van der Waals surface area contributed by atoms with Crippen LogP contribution in [0.25, 0.3) is 0 Å². The number of nitrogens with one attached hydrogen (secondary N) is 2. The zero-order valence-electron chi connectivity index (χ0n) is 13.1. The number of benzene rings is 1. The zero-order valence-corrected chi connectivity index (χ0v) is 13.1. The van der Waals surface area contributed by atoms with Gasteiger partial charge in [-0.3, -0.25) is 0 Å². The van der Waals surface area contributed by atoms with Crippen molar-refractivity contribution in [2.75, 3.05) is 6.54 Å². The highest BCUT2D eigenvalue weighted by Crippen LogP contribution is 2.25. The van der Waals surface area contributed by atoms with Gasteiger partial charge < -0.3 is 15.4 Å². The van der Waals surface area contributed by atoms with Gasteiger partial charge in [-0.25, -0.2) is 13.6 Å². The molecule has 2 N–H and O–H groups in total. The molecule has 4 nitrogen and oxygen atoms in total. The molecule has 22 heavy (non-hydrogen) atoms. The third-order valence-electron chi connectivity index (χ3n) is 3.47. The quantitative estimate of drug-likeness (QED) is 0.881. The summed E-state index contributed by atoms with van der Waals surface area (Å²) in [7, 11) is 0. The van der Waals surface area contributed by atoms with Crippen molar-refractivity contribution in [2.45, 2.75) is 51.3 Å². The monoisotopic (exact) mass is 312 g/mol. The number of rotatable bonds is 2. The number of alkyl carbamates (subject to hydrolysis) is 1. The molecule has 122 valence electrons. The Labute approximate surface area is 129 Å². The lowest BCUT2D eigenvalue weighted by Crippen LogP contribution is -2.45. The van der Waals surface area contributed by atoms with Crippen LogP contribution in [0, 0.1) is 11.6 Å². The summed E-state index contributed by atoms with van der Waals surface area (Å²) >= 11 is 0. The second kappa shape index (κ2) is 6.60. The Morgan fingerprint density at radius 3 is 2.68 bits per heavy atom. The van der Waals surface area contributed by atoms with E-state index in [0.717, 1.165) is 12.5 Å². The van der Waals surface area contributed by atoms with E-state index in [1.807, 2.05) is 0 Å². The molecule has 1 aliphatic rings. The maximum atomic E-state index is 13.3. The van der Waals surface area contributed by atoms with Crippen molar-refractivity contribution in [1.29, 1.82) is 0 Å². The Morgan fingerprint density at radius 1 is 1.32 bits per heavy atom. The number of hydrogen-bond acceptors (Lipinski definition) is 3. The Morgan fingerprint density at radius 2 is 2.05 bits per heavy atom. The lowest BCUT2D eigenvalue weighted by atomic mass is 9.94. The molecule has 0 saturated carbocycles. The molecule has 1 saturated heterocycles. The third kappa shape index (κ3) is 4.66. The first-order chi connectivity index (χ1) is 10.2. The average molecular weight is 312 g/mol. The predicted molar refractivity (Wildman–Crippen MR) is 79.5 cm³/mol. The number of ether oxygens (including phenoxy) is 1. The Bertz CT molecular complexity index is 543.